The van der Waals surface area contributed by atoms with Gasteiger partial charge in [-0.15, -0.1) is 5.10 Å². The van der Waals surface area contributed by atoms with Crippen molar-refractivity contribution in [1.82, 2.24) is 25.0 Å². The number of ketones is 1. The fraction of sp³-hybridized carbons (Fsp3) is 0.0556. The summed E-state index contributed by atoms with van der Waals surface area (Å²) in [5.74, 6) is 0.903. The van der Waals surface area contributed by atoms with E-state index in [1.54, 1.807) is 28.9 Å². The van der Waals surface area contributed by atoms with Crippen molar-refractivity contribution in [2.45, 2.75) is 6.92 Å². The van der Waals surface area contributed by atoms with Crippen LogP contribution in [-0.4, -0.2) is 30.7 Å². The second-order valence-corrected chi connectivity index (χ2v) is 5.71. The maximum absolute atomic E-state index is 11.4. The number of para-hydroxylation sites is 1. The molecule has 0 aliphatic heterocycles. The van der Waals surface area contributed by atoms with Gasteiger partial charge in [0.15, 0.2) is 17.4 Å². The largest absolute Gasteiger partial charge is 0.393 e. The first-order chi connectivity index (χ1) is 12.6. The minimum absolute atomic E-state index is 0.0125. The maximum atomic E-state index is 11.4. The number of carbonyl (C=O) groups excluding carboxylic acids is 1. The summed E-state index contributed by atoms with van der Waals surface area (Å²) >= 11 is 0. The molecule has 0 radical (unpaired) electrons. The first-order valence-corrected chi connectivity index (χ1v) is 7.93. The number of hydrogen-bond acceptors (Lipinski definition) is 7. The zero-order chi connectivity index (χ0) is 18.1. The van der Waals surface area contributed by atoms with E-state index in [2.05, 4.69) is 25.6 Å². The van der Waals surface area contributed by atoms with Gasteiger partial charge in [0.1, 0.15) is 17.5 Å². The number of nitrogens with zero attached hydrogens (tertiary/aromatic N) is 5. The molecule has 0 aliphatic rings. The van der Waals surface area contributed by atoms with Crippen molar-refractivity contribution < 1.29 is 4.79 Å². The van der Waals surface area contributed by atoms with Crippen molar-refractivity contribution in [2.75, 3.05) is 11.1 Å². The third-order valence-corrected chi connectivity index (χ3v) is 3.97. The van der Waals surface area contributed by atoms with E-state index in [0.717, 1.165) is 16.7 Å². The zero-order valence-electron chi connectivity index (χ0n) is 13.9. The van der Waals surface area contributed by atoms with E-state index in [9.17, 15) is 4.79 Å². The fourth-order valence-corrected chi connectivity index (χ4v) is 2.61. The molecule has 2 heterocycles. The second-order valence-electron chi connectivity index (χ2n) is 5.71. The van der Waals surface area contributed by atoms with E-state index in [1.807, 2.05) is 24.3 Å². The average molecular weight is 345 g/mol. The highest BCUT2D eigenvalue weighted by molar-refractivity contribution is 5.94. The molecule has 0 atom stereocenters. The molecule has 2 aromatic heterocycles. The highest BCUT2D eigenvalue weighted by atomic mass is 16.1. The Labute approximate surface area is 148 Å². The molecule has 0 unspecified atom stereocenters. The normalized spacial score (nSPS) is 10.8. The van der Waals surface area contributed by atoms with E-state index in [1.165, 1.54) is 13.3 Å². The van der Waals surface area contributed by atoms with Gasteiger partial charge < -0.3 is 11.1 Å². The summed E-state index contributed by atoms with van der Waals surface area (Å²) in [7, 11) is 0. The molecule has 128 valence electrons. The maximum Gasteiger partial charge on any atom is 0.184 e. The fourth-order valence-electron chi connectivity index (χ4n) is 2.61. The third kappa shape index (κ3) is 2.73. The molecule has 8 heteroatoms. The van der Waals surface area contributed by atoms with Crippen molar-refractivity contribution in [3.63, 3.8) is 0 Å². The van der Waals surface area contributed by atoms with Gasteiger partial charge in [-0.1, -0.05) is 17.3 Å². The van der Waals surface area contributed by atoms with Crippen molar-refractivity contribution >= 4 is 34.0 Å². The Kier molecular flexibility index (Phi) is 3.77. The van der Waals surface area contributed by atoms with Gasteiger partial charge in [-0.2, -0.15) is 4.68 Å². The van der Waals surface area contributed by atoms with Crippen LogP contribution in [0.1, 0.15) is 17.3 Å². The minimum Gasteiger partial charge on any atom is -0.393 e. The molecular weight excluding hydrogens is 330 g/mol. The number of Topliss-reactive ketones (excluding diaryl/α,β-unsaturated/α-hetero) is 1. The van der Waals surface area contributed by atoms with Crippen molar-refractivity contribution in [2.24, 2.45) is 0 Å². The Hall–Kier alpha value is -3.81. The molecule has 26 heavy (non-hydrogen) atoms. The zero-order valence-corrected chi connectivity index (χ0v) is 13.9. The van der Waals surface area contributed by atoms with Gasteiger partial charge >= 0.3 is 0 Å². The molecule has 0 aliphatic carbocycles. The number of hydrogen-bond donors (Lipinski definition) is 2. The van der Waals surface area contributed by atoms with E-state index in [-0.39, 0.29) is 5.78 Å². The first kappa shape index (κ1) is 15.7. The van der Waals surface area contributed by atoms with Gasteiger partial charge in [0.25, 0.3) is 0 Å². The number of benzene rings is 2. The molecule has 0 spiro atoms. The van der Waals surface area contributed by atoms with Crippen molar-refractivity contribution in [3.8, 4) is 5.82 Å². The summed E-state index contributed by atoms with van der Waals surface area (Å²) in [6.45, 7) is 1.53. The average Bonchev–Trinajstić information content (AvgIpc) is 3.08. The smallest absolute Gasteiger partial charge is 0.184 e. The Morgan fingerprint density at radius 3 is 2.62 bits per heavy atom. The molecule has 3 N–H and O–H groups in total. The molecule has 0 fully saturated rings. The lowest BCUT2D eigenvalue weighted by Crippen LogP contribution is -2.08. The lowest BCUT2D eigenvalue weighted by atomic mass is 10.1. The first-order valence-electron chi connectivity index (χ1n) is 7.93. The molecule has 0 amide bonds. The molecule has 0 saturated heterocycles. The summed E-state index contributed by atoms with van der Waals surface area (Å²) < 4.78 is 1.58. The lowest BCUT2D eigenvalue weighted by Gasteiger charge is -2.11. The van der Waals surface area contributed by atoms with Crippen molar-refractivity contribution in [3.05, 3.63) is 60.4 Å². The van der Waals surface area contributed by atoms with Crippen LogP contribution in [0.5, 0.6) is 0 Å². The molecular formula is C18H15N7O. The molecule has 4 rings (SSSR count). The van der Waals surface area contributed by atoms with Gasteiger partial charge in [0.05, 0.1) is 5.52 Å². The predicted molar refractivity (Wildman–Crippen MR) is 98.6 cm³/mol. The lowest BCUT2D eigenvalue weighted by molar-refractivity contribution is 0.101. The van der Waals surface area contributed by atoms with Crippen LogP contribution in [0.25, 0.3) is 16.9 Å². The predicted octanol–water partition coefficient (Wildman–Crippen LogP) is 2.74. The number of nitrogens with two attached hydrogens (primary N) is 1. The van der Waals surface area contributed by atoms with E-state index in [4.69, 9.17) is 5.73 Å². The van der Waals surface area contributed by atoms with Crippen molar-refractivity contribution in [1.29, 1.82) is 0 Å². The molecule has 8 nitrogen and oxygen atoms in total. The van der Waals surface area contributed by atoms with Crippen LogP contribution in [0.4, 0.5) is 17.2 Å². The van der Waals surface area contributed by atoms with E-state index in [0.29, 0.717) is 22.9 Å². The molecule has 2 aromatic carbocycles. The monoisotopic (exact) mass is 345 g/mol. The van der Waals surface area contributed by atoms with E-state index < -0.39 is 0 Å². The van der Waals surface area contributed by atoms with Gasteiger partial charge in [-0.05, 0) is 43.3 Å². The Balaban J connectivity index is 1.71. The minimum atomic E-state index is 0.0125. The Morgan fingerprint density at radius 1 is 1.08 bits per heavy atom. The summed E-state index contributed by atoms with van der Waals surface area (Å²) in [6.07, 6.45) is 1.41. The SMILES string of the molecule is CC(=O)c1ccc(Nc2ncnc(-n3nnc4ccccc43)c2N)cc1. The summed E-state index contributed by atoms with van der Waals surface area (Å²) in [6, 6.07) is 14.6. The van der Waals surface area contributed by atoms with Crippen LogP contribution in [-0.2, 0) is 0 Å². The van der Waals surface area contributed by atoms with E-state index >= 15 is 0 Å². The molecule has 0 bridgehead atoms. The van der Waals surface area contributed by atoms with Gasteiger partial charge in [0, 0.05) is 11.3 Å². The number of rotatable bonds is 4. The number of carbonyl (C=O) groups is 1. The highest BCUT2D eigenvalue weighted by Crippen LogP contribution is 2.26. The van der Waals surface area contributed by atoms with Crippen LogP contribution in [0.3, 0.4) is 0 Å². The number of anilines is 3. The molecule has 4 aromatic rings. The summed E-state index contributed by atoms with van der Waals surface area (Å²) in [5, 5.41) is 11.4. The number of fused-ring (bicyclic) bond motifs is 1. The number of nitrogens with one attached hydrogen (secondary N) is 1. The summed E-state index contributed by atoms with van der Waals surface area (Å²) in [5.41, 5.74) is 9.56. The van der Waals surface area contributed by atoms with Crippen LogP contribution < -0.4 is 11.1 Å². The van der Waals surface area contributed by atoms with Crippen LogP contribution >= 0.6 is 0 Å². The molecule has 0 saturated carbocycles. The van der Waals surface area contributed by atoms with Gasteiger partial charge in [0.2, 0.25) is 0 Å². The van der Waals surface area contributed by atoms with Crippen LogP contribution in [0.15, 0.2) is 54.9 Å². The second kappa shape index (κ2) is 6.25. The Morgan fingerprint density at radius 2 is 1.85 bits per heavy atom. The summed E-state index contributed by atoms with van der Waals surface area (Å²) in [4.78, 5) is 19.8. The third-order valence-electron chi connectivity index (χ3n) is 3.97. The highest BCUT2D eigenvalue weighted by Gasteiger charge is 2.14. The Bertz CT molecular complexity index is 1100. The van der Waals surface area contributed by atoms with Crippen LogP contribution in [0.2, 0.25) is 0 Å². The van der Waals surface area contributed by atoms with Gasteiger partial charge in [-0.25, -0.2) is 9.97 Å². The number of aromatic nitrogens is 5. The quantitative estimate of drug-likeness (QED) is 0.547. The standard InChI is InChI=1S/C18H15N7O/c1-11(26)12-6-8-13(9-7-12)22-17-16(19)18(21-10-20-17)25-15-5-3-2-4-14(15)23-24-25/h2-10H,19H2,1H3,(H,20,21,22). The number of nitrogen functional groups attached to an aromatic ring is 1. The van der Waals surface area contributed by atoms with Gasteiger partial charge in [-0.3, -0.25) is 4.79 Å². The topological polar surface area (TPSA) is 112 Å². The van der Waals surface area contributed by atoms with Crippen LogP contribution in [0, 0.1) is 0 Å².